The molecule has 9 aromatic rings. The van der Waals surface area contributed by atoms with Gasteiger partial charge in [0.2, 0.25) is 0 Å². The van der Waals surface area contributed by atoms with Crippen molar-refractivity contribution >= 4 is 48.6 Å². The van der Waals surface area contributed by atoms with E-state index in [1.165, 1.54) is 75.8 Å². The molecule has 10 rings (SSSR count). The third-order valence-corrected chi connectivity index (χ3v) is 11.2. The van der Waals surface area contributed by atoms with Gasteiger partial charge in [0.15, 0.2) is 0 Å². The van der Waals surface area contributed by atoms with Crippen LogP contribution in [0, 0.1) is 0 Å². The van der Waals surface area contributed by atoms with Gasteiger partial charge in [-0.1, -0.05) is 146 Å². The van der Waals surface area contributed by atoms with E-state index in [9.17, 15) is 0 Å². The maximum Gasteiger partial charge on any atom is 0.0476 e. The average molecular weight is 654 g/mol. The van der Waals surface area contributed by atoms with Crippen LogP contribution in [-0.2, 0) is 0 Å². The van der Waals surface area contributed by atoms with Crippen LogP contribution in [0.3, 0.4) is 0 Å². The summed E-state index contributed by atoms with van der Waals surface area (Å²) in [4.78, 5) is 2.42. The highest BCUT2D eigenvalue weighted by molar-refractivity contribution is 7.25. The molecular formula is C48H31NS. The van der Waals surface area contributed by atoms with Gasteiger partial charge in [-0.3, -0.25) is 0 Å². The van der Waals surface area contributed by atoms with Crippen molar-refractivity contribution in [2.24, 2.45) is 0 Å². The van der Waals surface area contributed by atoms with Crippen molar-refractivity contribution in [2.75, 3.05) is 4.90 Å². The fourth-order valence-corrected chi connectivity index (χ4v) is 8.86. The first-order valence-electron chi connectivity index (χ1n) is 17.1. The number of hydrogen-bond acceptors (Lipinski definition) is 2. The van der Waals surface area contributed by atoms with Crippen LogP contribution in [0.15, 0.2) is 188 Å². The quantitative estimate of drug-likeness (QED) is 0.183. The van der Waals surface area contributed by atoms with Gasteiger partial charge >= 0.3 is 0 Å². The Morgan fingerprint density at radius 1 is 0.280 bits per heavy atom. The van der Waals surface area contributed by atoms with Crippen molar-refractivity contribution in [3.05, 3.63) is 188 Å². The van der Waals surface area contributed by atoms with E-state index in [4.69, 9.17) is 0 Å². The van der Waals surface area contributed by atoms with Crippen LogP contribution in [0.25, 0.3) is 75.8 Å². The number of hydrogen-bond donors (Lipinski definition) is 0. The fourth-order valence-electron chi connectivity index (χ4n) is 7.72. The molecule has 0 saturated heterocycles. The van der Waals surface area contributed by atoms with Gasteiger partial charge in [-0.25, -0.2) is 0 Å². The molecule has 0 atom stereocenters. The molecule has 8 aromatic carbocycles. The molecule has 0 bridgehead atoms. The van der Waals surface area contributed by atoms with Crippen LogP contribution in [0.2, 0.25) is 0 Å². The molecule has 0 fully saturated rings. The van der Waals surface area contributed by atoms with E-state index >= 15 is 0 Å². The highest BCUT2D eigenvalue weighted by Crippen LogP contribution is 2.50. The molecule has 234 valence electrons. The minimum Gasteiger partial charge on any atom is -0.310 e. The van der Waals surface area contributed by atoms with Gasteiger partial charge in [0.05, 0.1) is 0 Å². The summed E-state index contributed by atoms with van der Waals surface area (Å²) >= 11 is 1.86. The predicted octanol–water partition coefficient (Wildman–Crippen LogP) is 14.2. The average Bonchev–Trinajstić information content (AvgIpc) is 3.56. The van der Waals surface area contributed by atoms with Gasteiger partial charge in [-0.15, -0.1) is 11.3 Å². The third kappa shape index (κ3) is 4.69. The monoisotopic (exact) mass is 653 g/mol. The Bertz CT molecular complexity index is 2700. The van der Waals surface area contributed by atoms with E-state index in [1.807, 2.05) is 11.3 Å². The van der Waals surface area contributed by atoms with Crippen molar-refractivity contribution in [3.8, 4) is 55.6 Å². The molecule has 0 radical (unpaired) electrons. The Labute approximate surface area is 296 Å². The minimum atomic E-state index is 1.12. The summed E-state index contributed by atoms with van der Waals surface area (Å²) in [6.45, 7) is 0. The van der Waals surface area contributed by atoms with Crippen LogP contribution >= 0.6 is 11.3 Å². The number of nitrogens with zero attached hydrogens (tertiary/aromatic N) is 1. The molecule has 0 saturated carbocycles. The van der Waals surface area contributed by atoms with Gasteiger partial charge in [0.1, 0.15) is 0 Å². The van der Waals surface area contributed by atoms with Crippen molar-refractivity contribution in [3.63, 3.8) is 0 Å². The molecule has 0 unspecified atom stereocenters. The molecule has 0 amide bonds. The Morgan fingerprint density at radius 2 is 0.720 bits per heavy atom. The van der Waals surface area contributed by atoms with Gasteiger partial charge in [0.25, 0.3) is 0 Å². The second-order valence-corrected chi connectivity index (χ2v) is 14.0. The van der Waals surface area contributed by atoms with Gasteiger partial charge in [-0.05, 0) is 98.1 Å². The molecule has 1 aliphatic rings. The third-order valence-electron chi connectivity index (χ3n) is 10.1. The Kier molecular flexibility index (Phi) is 6.75. The molecule has 1 heterocycles. The maximum atomic E-state index is 2.42. The minimum absolute atomic E-state index is 1.12. The second-order valence-electron chi connectivity index (χ2n) is 12.9. The van der Waals surface area contributed by atoms with E-state index in [0.717, 1.165) is 17.1 Å². The maximum absolute atomic E-state index is 2.42. The second kappa shape index (κ2) is 11.7. The first-order chi connectivity index (χ1) is 24.8. The summed E-state index contributed by atoms with van der Waals surface area (Å²) in [6.07, 6.45) is 0. The molecule has 0 N–H and O–H groups in total. The van der Waals surface area contributed by atoms with E-state index in [1.54, 1.807) is 0 Å². The SMILES string of the molecule is c1ccc(-c2ccc(N(c3ccc4c(c3)-c3ccccc3-c3ccccc3-c3ccccc3-4)c3ccc4c(c3)sc3ccccc34)cc2)cc1. The lowest BCUT2D eigenvalue weighted by molar-refractivity contribution is 1.29. The van der Waals surface area contributed by atoms with Crippen LogP contribution in [0.1, 0.15) is 0 Å². The lowest BCUT2D eigenvalue weighted by Gasteiger charge is -2.28. The number of anilines is 3. The van der Waals surface area contributed by atoms with Crippen molar-refractivity contribution in [1.29, 1.82) is 0 Å². The van der Waals surface area contributed by atoms with E-state index in [0.29, 0.717) is 0 Å². The zero-order valence-corrected chi connectivity index (χ0v) is 28.1. The van der Waals surface area contributed by atoms with Gasteiger partial charge < -0.3 is 4.90 Å². The number of thiophene rings is 1. The van der Waals surface area contributed by atoms with Crippen LogP contribution in [0.4, 0.5) is 17.1 Å². The highest BCUT2D eigenvalue weighted by Gasteiger charge is 2.23. The summed E-state index contributed by atoms with van der Waals surface area (Å²) in [6, 6.07) is 68.9. The largest absolute Gasteiger partial charge is 0.310 e. The first kappa shape index (κ1) is 28.8. The molecule has 1 aliphatic carbocycles. The summed E-state index contributed by atoms with van der Waals surface area (Å²) in [5.74, 6) is 0. The Morgan fingerprint density at radius 3 is 1.36 bits per heavy atom. The molecule has 0 spiro atoms. The number of fused-ring (bicyclic) bond motifs is 11. The topological polar surface area (TPSA) is 3.24 Å². The van der Waals surface area contributed by atoms with Gasteiger partial charge in [0, 0.05) is 37.2 Å². The zero-order valence-electron chi connectivity index (χ0n) is 27.3. The normalized spacial score (nSPS) is 11.6. The van der Waals surface area contributed by atoms with Gasteiger partial charge in [-0.2, -0.15) is 0 Å². The molecular weight excluding hydrogens is 623 g/mol. The first-order valence-corrected chi connectivity index (χ1v) is 17.9. The van der Waals surface area contributed by atoms with E-state index in [-0.39, 0.29) is 0 Å². The summed E-state index contributed by atoms with van der Waals surface area (Å²) < 4.78 is 2.60. The highest BCUT2D eigenvalue weighted by atomic mass is 32.1. The fraction of sp³-hybridized carbons (Fsp3) is 0. The molecule has 2 heteroatoms. The van der Waals surface area contributed by atoms with E-state index < -0.39 is 0 Å². The standard InChI is InChI=1S/C48H31NS/c1-2-12-32(13-3-1)33-22-24-34(25-23-33)49(36-27-29-45-44-20-10-11-21-47(44)50-48(45)31-36)35-26-28-43-41-18-7-6-16-39(41)37-14-4-5-15-38(37)40-17-8-9-19-42(40)46(43)30-35/h1-31H. The smallest absolute Gasteiger partial charge is 0.0476 e. The Hall–Kier alpha value is -6.22. The zero-order chi connectivity index (χ0) is 33.0. The van der Waals surface area contributed by atoms with Crippen molar-refractivity contribution < 1.29 is 0 Å². The van der Waals surface area contributed by atoms with Crippen LogP contribution < -0.4 is 4.90 Å². The summed E-state index contributed by atoms with van der Waals surface area (Å²) in [7, 11) is 0. The molecule has 50 heavy (non-hydrogen) atoms. The molecule has 1 aromatic heterocycles. The lowest BCUT2D eigenvalue weighted by atomic mass is 9.81. The lowest BCUT2D eigenvalue weighted by Crippen LogP contribution is -2.10. The number of rotatable bonds is 4. The number of benzene rings is 8. The van der Waals surface area contributed by atoms with Crippen LogP contribution in [0.5, 0.6) is 0 Å². The molecule has 0 aliphatic heterocycles. The van der Waals surface area contributed by atoms with Crippen molar-refractivity contribution in [2.45, 2.75) is 0 Å². The Balaban J connectivity index is 1.20. The van der Waals surface area contributed by atoms with Crippen molar-refractivity contribution in [1.82, 2.24) is 0 Å². The predicted molar refractivity (Wildman–Crippen MR) is 215 cm³/mol. The summed E-state index contributed by atoms with van der Waals surface area (Å²) in [5.41, 5.74) is 15.8. The molecule has 1 nitrogen and oxygen atoms in total. The van der Waals surface area contributed by atoms with Crippen LogP contribution in [-0.4, -0.2) is 0 Å². The summed E-state index contributed by atoms with van der Waals surface area (Å²) in [5, 5.41) is 2.62. The van der Waals surface area contributed by atoms with E-state index in [2.05, 4.69) is 193 Å².